The van der Waals surface area contributed by atoms with Gasteiger partial charge in [-0.15, -0.1) is 0 Å². The molecule has 0 radical (unpaired) electrons. The highest BCUT2D eigenvalue weighted by atomic mass is 19.3. The number of hydrogen-bond donors (Lipinski definition) is 1. The zero-order valence-corrected chi connectivity index (χ0v) is 16.9. The molecule has 0 unspecified atom stereocenters. The zero-order valence-electron chi connectivity index (χ0n) is 16.9. The van der Waals surface area contributed by atoms with Gasteiger partial charge in [0.2, 0.25) is 0 Å². The quantitative estimate of drug-likeness (QED) is 0.567. The van der Waals surface area contributed by atoms with Gasteiger partial charge in [0.15, 0.2) is 11.5 Å². The zero-order chi connectivity index (χ0) is 22.2. The number of aromatic nitrogens is 1. The van der Waals surface area contributed by atoms with Crippen LogP contribution in [-0.4, -0.2) is 30.7 Å². The smallest absolute Gasteiger partial charge is 0.387 e. The number of rotatable bonds is 9. The van der Waals surface area contributed by atoms with Crippen LogP contribution in [0.25, 0.3) is 0 Å². The Balaban J connectivity index is 1.64. The first-order chi connectivity index (χ1) is 15.0. The molecule has 8 heteroatoms. The van der Waals surface area contributed by atoms with Crippen LogP contribution in [0.5, 0.6) is 11.5 Å². The first-order valence-electron chi connectivity index (χ1n) is 9.61. The summed E-state index contributed by atoms with van der Waals surface area (Å²) in [6.07, 6.45) is 1.99. The Morgan fingerprint density at radius 3 is 2.52 bits per heavy atom. The van der Waals surface area contributed by atoms with Gasteiger partial charge in [0.1, 0.15) is 5.56 Å². The van der Waals surface area contributed by atoms with Crippen molar-refractivity contribution in [3.8, 4) is 11.5 Å². The second-order valence-electron chi connectivity index (χ2n) is 6.71. The molecule has 2 aromatic carbocycles. The topological polar surface area (TPSA) is 69.6 Å². The molecule has 162 valence electrons. The molecule has 6 nitrogen and oxygen atoms in total. The molecule has 3 aromatic rings. The van der Waals surface area contributed by atoms with Crippen molar-refractivity contribution in [2.45, 2.75) is 19.6 Å². The minimum absolute atomic E-state index is 0.0369. The van der Waals surface area contributed by atoms with Gasteiger partial charge < -0.3 is 19.4 Å². The van der Waals surface area contributed by atoms with Crippen molar-refractivity contribution < 1.29 is 23.0 Å². The third-order valence-electron chi connectivity index (χ3n) is 4.60. The Hall–Kier alpha value is -3.68. The lowest BCUT2D eigenvalue weighted by Gasteiger charge is -2.12. The highest BCUT2D eigenvalue weighted by molar-refractivity contribution is 5.93. The highest BCUT2D eigenvalue weighted by Crippen LogP contribution is 2.29. The van der Waals surface area contributed by atoms with Crippen LogP contribution < -0.4 is 20.3 Å². The van der Waals surface area contributed by atoms with Gasteiger partial charge in [-0.05, 0) is 41.8 Å². The molecule has 1 amide bonds. The molecule has 31 heavy (non-hydrogen) atoms. The van der Waals surface area contributed by atoms with Crippen molar-refractivity contribution in [2.24, 2.45) is 0 Å². The standard InChI is InChI=1S/C23H22F2N2O4/c1-30-19-10-9-16(14-20(19)31-23(24)25)11-12-26-21(28)18-8-5-13-27(22(18)29)15-17-6-3-2-4-7-17/h2-10,13-14,23H,11-12,15H2,1H3,(H,26,28). The Bertz CT molecular complexity index is 1080. The second-order valence-corrected chi connectivity index (χ2v) is 6.71. The van der Waals surface area contributed by atoms with Gasteiger partial charge in [-0.25, -0.2) is 0 Å². The maximum absolute atomic E-state index is 12.7. The number of carbonyl (C=O) groups excluding carboxylic acids is 1. The summed E-state index contributed by atoms with van der Waals surface area (Å²) in [5.74, 6) is -0.380. The van der Waals surface area contributed by atoms with E-state index in [9.17, 15) is 18.4 Å². The average molecular weight is 428 g/mol. The van der Waals surface area contributed by atoms with Crippen molar-refractivity contribution >= 4 is 5.91 Å². The van der Waals surface area contributed by atoms with E-state index in [4.69, 9.17) is 4.74 Å². The number of halogens is 2. The van der Waals surface area contributed by atoms with Crippen LogP contribution in [0.2, 0.25) is 0 Å². The van der Waals surface area contributed by atoms with Crippen LogP contribution in [-0.2, 0) is 13.0 Å². The van der Waals surface area contributed by atoms with Crippen molar-refractivity contribution in [2.75, 3.05) is 13.7 Å². The molecule has 1 N–H and O–H groups in total. The van der Waals surface area contributed by atoms with E-state index < -0.39 is 12.5 Å². The van der Waals surface area contributed by atoms with Crippen LogP contribution in [0.1, 0.15) is 21.5 Å². The normalized spacial score (nSPS) is 10.7. The average Bonchev–Trinajstić information content (AvgIpc) is 2.75. The van der Waals surface area contributed by atoms with E-state index in [1.165, 1.54) is 29.9 Å². The minimum Gasteiger partial charge on any atom is -0.493 e. The number of methoxy groups -OCH3 is 1. The molecule has 0 aliphatic rings. The van der Waals surface area contributed by atoms with Crippen molar-refractivity contribution in [1.29, 1.82) is 0 Å². The number of alkyl halides is 2. The molecule has 0 fully saturated rings. The van der Waals surface area contributed by atoms with Gasteiger partial charge in [-0.3, -0.25) is 9.59 Å². The lowest BCUT2D eigenvalue weighted by molar-refractivity contribution is -0.0512. The molecule has 0 saturated heterocycles. The number of carbonyl (C=O) groups is 1. The molecule has 1 aromatic heterocycles. The maximum Gasteiger partial charge on any atom is 0.387 e. The predicted octanol–water partition coefficient (Wildman–Crippen LogP) is 3.48. The molecule has 0 bridgehead atoms. The number of nitrogens with one attached hydrogen (secondary N) is 1. The van der Waals surface area contributed by atoms with Gasteiger partial charge in [-0.1, -0.05) is 36.4 Å². The van der Waals surface area contributed by atoms with Crippen LogP contribution in [0.15, 0.2) is 71.7 Å². The van der Waals surface area contributed by atoms with E-state index >= 15 is 0 Å². The van der Waals surface area contributed by atoms with Gasteiger partial charge in [0.25, 0.3) is 11.5 Å². The van der Waals surface area contributed by atoms with E-state index in [1.807, 2.05) is 30.3 Å². The third-order valence-corrected chi connectivity index (χ3v) is 4.60. The fourth-order valence-corrected chi connectivity index (χ4v) is 3.09. The largest absolute Gasteiger partial charge is 0.493 e. The molecule has 3 rings (SSSR count). The number of pyridine rings is 1. The van der Waals surface area contributed by atoms with Gasteiger partial charge in [0.05, 0.1) is 13.7 Å². The Labute approximate surface area is 178 Å². The fraction of sp³-hybridized carbons (Fsp3) is 0.217. The van der Waals surface area contributed by atoms with E-state index in [0.29, 0.717) is 18.5 Å². The molecule has 0 spiro atoms. The number of nitrogens with zero attached hydrogens (tertiary/aromatic N) is 1. The molecule has 1 heterocycles. The molecule has 0 aliphatic carbocycles. The first kappa shape index (κ1) is 22.0. The summed E-state index contributed by atoms with van der Waals surface area (Å²) in [5.41, 5.74) is 1.27. The summed E-state index contributed by atoms with van der Waals surface area (Å²) in [4.78, 5) is 25.2. The van der Waals surface area contributed by atoms with Crippen molar-refractivity contribution in [1.82, 2.24) is 9.88 Å². The van der Waals surface area contributed by atoms with E-state index in [0.717, 1.165) is 5.56 Å². The van der Waals surface area contributed by atoms with Crippen LogP contribution >= 0.6 is 0 Å². The van der Waals surface area contributed by atoms with Crippen LogP contribution in [0, 0.1) is 0 Å². The molecular formula is C23H22F2N2O4. The van der Waals surface area contributed by atoms with E-state index in [1.54, 1.807) is 18.3 Å². The SMILES string of the molecule is COc1ccc(CCNC(=O)c2cccn(Cc3ccccc3)c2=O)cc1OC(F)F. The Morgan fingerprint density at radius 1 is 1.03 bits per heavy atom. The van der Waals surface area contributed by atoms with Crippen LogP contribution in [0.4, 0.5) is 8.78 Å². The second kappa shape index (κ2) is 10.4. The van der Waals surface area contributed by atoms with Crippen LogP contribution in [0.3, 0.4) is 0 Å². The summed E-state index contributed by atoms with van der Waals surface area (Å²) >= 11 is 0. The third kappa shape index (κ3) is 5.91. The summed E-state index contributed by atoms with van der Waals surface area (Å²) < 4.78 is 36.1. The summed E-state index contributed by atoms with van der Waals surface area (Å²) in [7, 11) is 1.36. The minimum atomic E-state index is -2.97. The van der Waals surface area contributed by atoms with Crippen molar-refractivity contribution in [3.05, 3.63) is 93.9 Å². The van der Waals surface area contributed by atoms with Gasteiger partial charge >= 0.3 is 6.61 Å². The molecule has 0 aliphatic heterocycles. The lowest BCUT2D eigenvalue weighted by Crippen LogP contribution is -2.33. The Kier molecular flexibility index (Phi) is 7.37. The number of benzene rings is 2. The predicted molar refractivity (Wildman–Crippen MR) is 112 cm³/mol. The Morgan fingerprint density at radius 2 is 1.81 bits per heavy atom. The fourth-order valence-electron chi connectivity index (χ4n) is 3.09. The number of ether oxygens (including phenoxy) is 2. The van der Waals surface area contributed by atoms with E-state index in [2.05, 4.69) is 10.1 Å². The number of hydrogen-bond acceptors (Lipinski definition) is 4. The van der Waals surface area contributed by atoms with E-state index in [-0.39, 0.29) is 29.2 Å². The highest BCUT2D eigenvalue weighted by Gasteiger charge is 2.14. The van der Waals surface area contributed by atoms with Crippen molar-refractivity contribution in [3.63, 3.8) is 0 Å². The lowest BCUT2D eigenvalue weighted by atomic mass is 10.1. The van der Waals surface area contributed by atoms with Gasteiger partial charge in [-0.2, -0.15) is 8.78 Å². The molecular weight excluding hydrogens is 406 g/mol. The number of amides is 1. The maximum atomic E-state index is 12.7. The summed E-state index contributed by atoms with van der Waals surface area (Å²) in [6.45, 7) is -2.40. The molecule has 0 atom stereocenters. The van der Waals surface area contributed by atoms with Gasteiger partial charge in [0, 0.05) is 12.7 Å². The molecule has 0 saturated carbocycles. The monoisotopic (exact) mass is 428 g/mol. The summed E-state index contributed by atoms with van der Waals surface area (Å²) in [5, 5.41) is 2.70. The summed E-state index contributed by atoms with van der Waals surface area (Å²) in [6, 6.07) is 17.2. The first-order valence-corrected chi connectivity index (χ1v) is 9.61.